The van der Waals surface area contributed by atoms with Crippen LogP contribution in [0, 0.1) is 0 Å². The van der Waals surface area contributed by atoms with Gasteiger partial charge in [0.05, 0.1) is 17.9 Å². The van der Waals surface area contributed by atoms with Crippen molar-refractivity contribution in [3.05, 3.63) is 42.9 Å². The summed E-state index contributed by atoms with van der Waals surface area (Å²) >= 11 is 1.65. The van der Waals surface area contributed by atoms with Crippen LogP contribution in [-0.4, -0.2) is 31.9 Å². The van der Waals surface area contributed by atoms with Gasteiger partial charge in [0.2, 0.25) is 0 Å². The zero-order valence-electron chi connectivity index (χ0n) is 13.0. The first-order valence-electron chi connectivity index (χ1n) is 7.28. The van der Waals surface area contributed by atoms with Gasteiger partial charge >= 0.3 is 6.09 Å². The van der Waals surface area contributed by atoms with Crippen molar-refractivity contribution in [2.75, 3.05) is 11.6 Å². The van der Waals surface area contributed by atoms with Crippen molar-refractivity contribution >= 4 is 40.2 Å². The van der Waals surface area contributed by atoms with Gasteiger partial charge in [0, 0.05) is 21.0 Å². The number of halogens is 1. The molecule has 126 valence electrons. The molecule has 7 nitrogen and oxygen atoms in total. The molecule has 0 bridgehead atoms. The monoisotopic (exact) mass is 357 g/mol. The summed E-state index contributed by atoms with van der Waals surface area (Å²) in [4.78, 5) is 19.3. The van der Waals surface area contributed by atoms with Crippen LogP contribution in [0.15, 0.2) is 47.8 Å². The number of amides is 1. The van der Waals surface area contributed by atoms with Gasteiger partial charge in [-0.2, -0.15) is 5.10 Å². The van der Waals surface area contributed by atoms with E-state index in [0.29, 0.717) is 5.65 Å². The average molecular weight is 357 g/mol. The number of hydrogen-bond donors (Lipinski definition) is 2. The predicted octanol–water partition coefficient (Wildman–Crippen LogP) is 4.03. The largest absolute Gasteiger partial charge is 0.450 e. The number of imidazole rings is 1. The lowest BCUT2D eigenvalue weighted by Gasteiger charge is -2.06. The summed E-state index contributed by atoms with van der Waals surface area (Å²) in [7, 11) is 0. The van der Waals surface area contributed by atoms with Crippen molar-refractivity contribution in [3.8, 4) is 11.1 Å². The lowest BCUT2D eigenvalue weighted by atomic mass is 10.0. The molecule has 0 atom stereocenters. The second-order valence-electron chi connectivity index (χ2n) is 5.27. The Morgan fingerprint density at radius 1 is 1.32 bits per heavy atom. The number of H-pyrrole nitrogens is 1. The van der Waals surface area contributed by atoms with Crippen LogP contribution in [0.4, 0.5) is 15.1 Å². The first-order valence-corrected chi connectivity index (χ1v) is 8.51. The van der Waals surface area contributed by atoms with Crippen molar-refractivity contribution in [2.24, 2.45) is 0 Å². The molecule has 0 saturated carbocycles. The number of rotatable bonds is 3. The maximum absolute atomic E-state index is 11.8. The third kappa shape index (κ3) is 2.68. The van der Waals surface area contributed by atoms with Crippen molar-refractivity contribution in [1.82, 2.24) is 19.6 Å². The van der Waals surface area contributed by atoms with E-state index < -0.39 is 6.09 Å². The molecular weight excluding hydrogens is 345 g/mol. The van der Waals surface area contributed by atoms with E-state index in [2.05, 4.69) is 25.4 Å². The topological polar surface area (TPSA) is 84.3 Å². The summed E-state index contributed by atoms with van der Waals surface area (Å²) in [6.45, 7) is 0. The molecule has 1 aromatic carbocycles. The van der Waals surface area contributed by atoms with Gasteiger partial charge in [-0.15, -0.1) is 11.8 Å². The van der Waals surface area contributed by atoms with E-state index in [1.165, 1.54) is 0 Å². The molecule has 3 heterocycles. The Labute approximate surface area is 145 Å². The molecule has 0 fully saturated rings. The maximum atomic E-state index is 11.8. The number of pyridine rings is 1. The molecule has 0 radical (unpaired) electrons. The second kappa shape index (κ2) is 6.10. The minimum absolute atomic E-state index is 0.200. The first kappa shape index (κ1) is 15.5. The third-order valence-electron chi connectivity index (χ3n) is 3.86. The minimum atomic E-state index is -1.21. The minimum Gasteiger partial charge on any atom is -0.304 e. The molecule has 0 aliphatic carbocycles. The molecular formula is C16H12FN5O2S. The van der Waals surface area contributed by atoms with Gasteiger partial charge in [-0.1, -0.05) is 6.07 Å². The molecule has 9 heteroatoms. The van der Waals surface area contributed by atoms with Crippen LogP contribution in [0.2, 0.25) is 0 Å². The summed E-state index contributed by atoms with van der Waals surface area (Å²) in [5.41, 5.74) is 3.59. The van der Waals surface area contributed by atoms with Crippen molar-refractivity contribution in [3.63, 3.8) is 0 Å². The number of aromatic amines is 1. The van der Waals surface area contributed by atoms with Gasteiger partial charge in [0.15, 0.2) is 5.82 Å². The smallest absolute Gasteiger partial charge is 0.304 e. The van der Waals surface area contributed by atoms with E-state index >= 15 is 0 Å². The molecule has 2 N–H and O–H groups in total. The summed E-state index contributed by atoms with van der Waals surface area (Å²) < 4.78 is 13.6. The van der Waals surface area contributed by atoms with Crippen molar-refractivity contribution in [1.29, 1.82) is 0 Å². The van der Waals surface area contributed by atoms with Crippen LogP contribution in [0.25, 0.3) is 27.7 Å². The molecule has 3 aromatic heterocycles. The highest BCUT2D eigenvalue weighted by Gasteiger charge is 2.12. The van der Waals surface area contributed by atoms with E-state index in [0.717, 1.165) is 26.9 Å². The van der Waals surface area contributed by atoms with Gasteiger partial charge in [-0.25, -0.2) is 14.7 Å². The number of carbonyl (C=O) groups excluding carboxylic acids is 1. The Kier molecular flexibility index (Phi) is 3.77. The predicted molar refractivity (Wildman–Crippen MR) is 93.3 cm³/mol. The summed E-state index contributed by atoms with van der Waals surface area (Å²) in [5, 5.41) is 10.4. The average Bonchev–Trinajstić information content (AvgIpc) is 3.26. The van der Waals surface area contributed by atoms with Gasteiger partial charge in [0.1, 0.15) is 5.65 Å². The number of nitrogens with one attached hydrogen (secondary N) is 2. The number of fused-ring (bicyclic) bond motifs is 2. The normalized spacial score (nSPS) is 11.1. The quantitative estimate of drug-likeness (QED) is 0.541. The second-order valence-corrected chi connectivity index (χ2v) is 6.12. The lowest BCUT2D eigenvalue weighted by molar-refractivity contribution is -0.0544. The highest BCUT2D eigenvalue weighted by Crippen LogP contribution is 2.33. The SMILES string of the molecule is CSc1ccc(-c2ccc3nc(NC(=O)OF)cn3c2)c2cn[nH]c12. The van der Waals surface area contributed by atoms with Gasteiger partial charge in [-0.3, -0.25) is 10.4 Å². The van der Waals surface area contributed by atoms with E-state index in [-0.39, 0.29) is 5.82 Å². The lowest BCUT2D eigenvalue weighted by Crippen LogP contribution is -2.09. The molecule has 4 aromatic rings. The van der Waals surface area contributed by atoms with Crippen LogP contribution in [0.5, 0.6) is 0 Å². The van der Waals surface area contributed by atoms with E-state index in [9.17, 15) is 9.32 Å². The van der Waals surface area contributed by atoms with Crippen LogP contribution in [0.1, 0.15) is 0 Å². The molecule has 0 saturated heterocycles. The van der Waals surface area contributed by atoms with Crippen molar-refractivity contribution < 1.29 is 14.3 Å². The number of thioether (sulfide) groups is 1. The van der Waals surface area contributed by atoms with Gasteiger partial charge in [-0.05, 0) is 35.6 Å². The van der Waals surface area contributed by atoms with Crippen LogP contribution < -0.4 is 5.32 Å². The highest BCUT2D eigenvalue weighted by molar-refractivity contribution is 7.98. The number of hydrogen-bond acceptors (Lipinski definition) is 5. The molecule has 0 spiro atoms. The first-order chi connectivity index (χ1) is 12.2. The molecule has 0 aliphatic heterocycles. The maximum Gasteiger partial charge on any atom is 0.450 e. The van der Waals surface area contributed by atoms with E-state index in [1.54, 1.807) is 28.6 Å². The van der Waals surface area contributed by atoms with E-state index in [1.807, 2.05) is 36.7 Å². The highest BCUT2D eigenvalue weighted by atomic mass is 32.2. The standard InChI is InChI=1S/C16H12FN5O2S/c1-25-12-4-3-10(11-6-18-21-15(11)12)9-2-5-14-19-13(8-22(14)7-9)20-16(23)24-17/h2-8H,1H3,(H,18,21)(H,20,23). The van der Waals surface area contributed by atoms with Crippen molar-refractivity contribution in [2.45, 2.75) is 4.90 Å². The summed E-state index contributed by atoms with van der Waals surface area (Å²) in [6.07, 6.45) is 6.07. The van der Waals surface area contributed by atoms with Gasteiger partial charge < -0.3 is 4.40 Å². The molecule has 4 rings (SSSR count). The van der Waals surface area contributed by atoms with E-state index in [4.69, 9.17) is 0 Å². The zero-order valence-corrected chi connectivity index (χ0v) is 13.8. The molecule has 0 unspecified atom stereocenters. The number of aromatic nitrogens is 4. The third-order valence-corrected chi connectivity index (χ3v) is 4.64. The Hall–Kier alpha value is -3.07. The molecule has 1 amide bonds. The van der Waals surface area contributed by atoms with Crippen LogP contribution in [-0.2, 0) is 4.94 Å². The Balaban J connectivity index is 1.79. The number of benzene rings is 1. The van der Waals surface area contributed by atoms with Crippen LogP contribution >= 0.6 is 11.8 Å². The summed E-state index contributed by atoms with van der Waals surface area (Å²) in [6, 6.07) is 7.83. The fourth-order valence-electron chi connectivity index (χ4n) is 2.77. The van der Waals surface area contributed by atoms with Gasteiger partial charge in [0.25, 0.3) is 0 Å². The number of carbonyl (C=O) groups is 1. The van der Waals surface area contributed by atoms with Crippen LogP contribution in [0.3, 0.4) is 0 Å². The number of anilines is 1. The Morgan fingerprint density at radius 2 is 2.20 bits per heavy atom. The fraction of sp³-hybridized carbons (Fsp3) is 0.0625. The number of nitrogens with zero attached hydrogens (tertiary/aromatic N) is 3. The Bertz CT molecular complexity index is 1090. The summed E-state index contributed by atoms with van der Waals surface area (Å²) in [5.74, 6) is 0.200. The Morgan fingerprint density at radius 3 is 3.00 bits per heavy atom. The zero-order chi connectivity index (χ0) is 17.4. The molecule has 0 aliphatic rings. The molecule has 25 heavy (non-hydrogen) atoms. The fourth-order valence-corrected chi connectivity index (χ4v) is 3.33.